The molecule has 1 aliphatic heterocycles. The Labute approximate surface area is 116 Å². The molecule has 1 heterocycles. The van der Waals surface area contributed by atoms with Gasteiger partial charge < -0.3 is 15.3 Å². The predicted octanol–water partition coefficient (Wildman–Crippen LogP) is 1.29. The first kappa shape index (κ1) is 14.3. The van der Waals surface area contributed by atoms with Crippen molar-refractivity contribution in [3.05, 3.63) is 29.8 Å². The first-order chi connectivity index (χ1) is 9.06. The number of nitrogens with one attached hydrogen (secondary N) is 1. The zero-order valence-corrected chi connectivity index (χ0v) is 12.1. The third kappa shape index (κ3) is 3.93. The highest BCUT2D eigenvalue weighted by Crippen LogP contribution is 2.25. The molecule has 106 valence electrons. The van der Waals surface area contributed by atoms with Gasteiger partial charge in [-0.25, -0.2) is 0 Å². The first-order valence-corrected chi connectivity index (χ1v) is 6.97. The normalized spacial score (nSPS) is 22.6. The van der Waals surface area contributed by atoms with Crippen LogP contribution in [0.3, 0.4) is 0 Å². The molecule has 1 aromatic carbocycles. The van der Waals surface area contributed by atoms with Crippen LogP contribution < -0.4 is 5.32 Å². The smallest absolute Gasteiger partial charge is 0.115 e. The summed E-state index contributed by atoms with van der Waals surface area (Å²) in [6.07, 6.45) is 0. The molecule has 0 aromatic heterocycles. The summed E-state index contributed by atoms with van der Waals surface area (Å²) in [5.41, 5.74) is 1.20. The van der Waals surface area contributed by atoms with Crippen LogP contribution in [0, 0.1) is 0 Å². The third-order valence-corrected chi connectivity index (χ3v) is 3.63. The summed E-state index contributed by atoms with van der Waals surface area (Å²) in [4.78, 5) is 4.72. The monoisotopic (exact) mass is 263 g/mol. The fourth-order valence-electron chi connectivity index (χ4n) is 2.75. The zero-order valence-electron chi connectivity index (χ0n) is 12.1. The summed E-state index contributed by atoms with van der Waals surface area (Å²) in [5, 5.41) is 13.2. The van der Waals surface area contributed by atoms with Gasteiger partial charge in [-0.1, -0.05) is 12.1 Å². The number of hydrogen-bond donors (Lipinski definition) is 2. The van der Waals surface area contributed by atoms with Crippen LogP contribution in [0.15, 0.2) is 24.3 Å². The van der Waals surface area contributed by atoms with E-state index < -0.39 is 0 Å². The summed E-state index contributed by atoms with van der Waals surface area (Å²) in [6.45, 7) is 6.33. The van der Waals surface area contributed by atoms with E-state index in [0.29, 0.717) is 17.8 Å². The second kappa shape index (κ2) is 6.37. The van der Waals surface area contributed by atoms with Crippen molar-refractivity contribution in [1.82, 2.24) is 15.1 Å². The standard InChI is InChI=1S/C15H25N3O/c1-12-10-18(8-7-16-12)15(11-17(2)3)13-5-4-6-14(19)9-13/h4-6,9,12,15-16,19H,7-8,10-11H2,1-3H3. The van der Waals surface area contributed by atoms with Crippen molar-refractivity contribution in [1.29, 1.82) is 0 Å². The van der Waals surface area contributed by atoms with E-state index >= 15 is 0 Å². The molecule has 4 nitrogen and oxygen atoms in total. The Hall–Kier alpha value is -1.10. The Bertz CT molecular complexity index is 408. The molecular weight excluding hydrogens is 238 g/mol. The zero-order chi connectivity index (χ0) is 13.8. The van der Waals surface area contributed by atoms with Gasteiger partial charge in [-0.3, -0.25) is 4.90 Å². The van der Waals surface area contributed by atoms with Gasteiger partial charge in [0, 0.05) is 38.3 Å². The Morgan fingerprint density at radius 3 is 2.89 bits per heavy atom. The summed E-state index contributed by atoms with van der Waals surface area (Å²) in [5.74, 6) is 0.351. The Balaban J connectivity index is 2.19. The number of aromatic hydroxyl groups is 1. The van der Waals surface area contributed by atoms with Crippen LogP contribution in [-0.4, -0.2) is 61.2 Å². The Morgan fingerprint density at radius 2 is 2.26 bits per heavy atom. The van der Waals surface area contributed by atoms with Crippen molar-refractivity contribution in [2.24, 2.45) is 0 Å². The summed E-state index contributed by atoms with van der Waals surface area (Å²) < 4.78 is 0. The lowest BCUT2D eigenvalue weighted by atomic mass is 10.0. The molecule has 1 aromatic rings. The maximum atomic E-state index is 9.70. The predicted molar refractivity (Wildman–Crippen MR) is 78.4 cm³/mol. The second-order valence-electron chi connectivity index (χ2n) is 5.72. The molecule has 2 unspecified atom stereocenters. The second-order valence-corrected chi connectivity index (χ2v) is 5.72. The molecule has 1 fully saturated rings. The van der Waals surface area contributed by atoms with Gasteiger partial charge in [0.05, 0.1) is 0 Å². The van der Waals surface area contributed by atoms with Crippen molar-refractivity contribution < 1.29 is 5.11 Å². The number of hydrogen-bond acceptors (Lipinski definition) is 4. The van der Waals surface area contributed by atoms with Gasteiger partial charge in [0.1, 0.15) is 5.75 Å². The van der Waals surface area contributed by atoms with Gasteiger partial charge in [-0.2, -0.15) is 0 Å². The maximum absolute atomic E-state index is 9.70. The van der Waals surface area contributed by atoms with E-state index in [1.54, 1.807) is 6.07 Å². The van der Waals surface area contributed by atoms with Gasteiger partial charge in [-0.05, 0) is 38.7 Å². The number of rotatable bonds is 4. The SMILES string of the molecule is CC1CN(C(CN(C)C)c2cccc(O)c2)CCN1. The van der Waals surface area contributed by atoms with Gasteiger partial charge in [0.25, 0.3) is 0 Å². The molecule has 19 heavy (non-hydrogen) atoms. The van der Waals surface area contributed by atoms with Crippen LogP contribution in [0.5, 0.6) is 5.75 Å². The van der Waals surface area contributed by atoms with Crippen LogP contribution in [0.25, 0.3) is 0 Å². The summed E-state index contributed by atoms with van der Waals surface area (Å²) in [6, 6.07) is 8.53. The van der Waals surface area contributed by atoms with E-state index in [2.05, 4.69) is 42.2 Å². The topological polar surface area (TPSA) is 38.7 Å². The van der Waals surface area contributed by atoms with Crippen LogP contribution in [-0.2, 0) is 0 Å². The number of nitrogens with zero attached hydrogens (tertiary/aromatic N) is 2. The van der Waals surface area contributed by atoms with E-state index in [1.807, 2.05) is 12.1 Å². The van der Waals surface area contributed by atoms with Gasteiger partial charge in [0.15, 0.2) is 0 Å². The molecule has 0 radical (unpaired) electrons. The number of phenols is 1. The van der Waals surface area contributed by atoms with Gasteiger partial charge >= 0.3 is 0 Å². The lowest BCUT2D eigenvalue weighted by molar-refractivity contribution is 0.125. The van der Waals surface area contributed by atoms with Crippen LogP contribution in [0.2, 0.25) is 0 Å². The highest BCUT2D eigenvalue weighted by atomic mass is 16.3. The first-order valence-electron chi connectivity index (χ1n) is 6.97. The fourth-order valence-corrected chi connectivity index (χ4v) is 2.75. The number of benzene rings is 1. The van der Waals surface area contributed by atoms with Crippen molar-refractivity contribution in [2.75, 3.05) is 40.3 Å². The summed E-state index contributed by atoms with van der Waals surface area (Å²) >= 11 is 0. The molecule has 2 atom stereocenters. The van der Waals surface area contributed by atoms with Crippen LogP contribution >= 0.6 is 0 Å². The lowest BCUT2D eigenvalue weighted by Crippen LogP contribution is -2.51. The Morgan fingerprint density at radius 1 is 1.47 bits per heavy atom. The number of piperazine rings is 1. The van der Waals surface area contributed by atoms with E-state index in [0.717, 1.165) is 26.2 Å². The molecule has 0 aliphatic carbocycles. The van der Waals surface area contributed by atoms with Crippen LogP contribution in [0.1, 0.15) is 18.5 Å². The quantitative estimate of drug-likeness (QED) is 0.858. The van der Waals surface area contributed by atoms with Crippen LogP contribution in [0.4, 0.5) is 0 Å². The van der Waals surface area contributed by atoms with Crippen molar-refractivity contribution in [2.45, 2.75) is 19.0 Å². The van der Waals surface area contributed by atoms with E-state index in [9.17, 15) is 5.11 Å². The van der Waals surface area contributed by atoms with Gasteiger partial charge in [-0.15, -0.1) is 0 Å². The highest BCUT2D eigenvalue weighted by Gasteiger charge is 2.25. The molecule has 0 spiro atoms. The average molecular weight is 263 g/mol. The minimum atomic E-state index is 0.339. The molecule has 4 heteroatoms. The molecular formula is C15H25N3O. The van der Waals surface area contributed by atoms with Crippen molar-refractivity contribution >= 4 is 0 Å². The molecule has 2 N–H and O–H groups in total. The van der Waals surface area contributed by atoms with Crippen molar-refractivity contribution in [3.8, 4) is 5.75 Å². The molecule has 1 saturated heterocycles. The number of phenolic OH excluding ortho intramolecular Hbond substituents is 1. The molecule has 0 bridgehead atoms. The van der Waals surface area contributed by atoms with E-state index in [4.69, 9.17) is 0 Å². The van der Waals surface area contributed by atoms with E-state index in [-0.39, 0.29) is 0 Å². The summed E-state index contributed by atoms with van der Waals surface area (Å²) in [7, 11) is 4.20. The molecule has 0 saturated carbocycles. The molecule has 2 rings (SSSR count). The lowest BCUT2D eigenvalue weighted by Gasteiger charge is -2.39. The average Bonchev–Trinajstić information content (AvgIpc) is 2.35. The largest absolute Gasteiger partial charge is 0.508 e. The van der Waals surface area contributed by atoms with Gasteiger partial charge in [0.2, 0.25) is 0 Å². The van der Waals surface area contributed by atoms with Crippen molar-refractivity contribution in [3.63, 3.8) is 0 Å². The third-order valence-electron chi connectivity index (χ3n) is 3.63. The number of likely N-dealkylation sites (N-methyl/N-ethyl adjacent to an activating group) is 1. The Kier molecular flexibility index (Phi) is 4.80. The molecule has 1 aliphatic rings. The minimum Gasteiger partial charge on any atom is -0.508 e. The molecule has 0 amide bonds. The highest BCUT2D eigenvalue weighted by molar-refractivity contribution is 5.29. The maximum Gasteiger partial charge on any atom is 0.115 e. The fraction of sp³-hybridized carbons (Fsp3) is 0.600. The van der Waals surface area contributed by atoms with E-state index in [1.165, 1.54) is 5.56 Å². The minimum absolute atomic E-state index is 0.339.